The van der Waals surface area contributed by atoms with E-state index in [0.29, 0.717) is 11.1 Å². The van der Waals surface area contributed by atoms with Gasteiger partial charge in [0.05, 0.1) is 11.2 Å². The van der Waals surface area contributed by atoms with E-state index in [2.05, 4.69) is 0 Å². The minimum atomic E-state index is 0.209. The Bertz CT molecular complexity index is 471. The molecular weight excluding hydrogens is 166 g/mol. The topological polar surface area (TPSA) is 42.2 Å². The molecule has 0 spiro atoms. The lowest BCUT2D eigenvalue weighted by Gasteiger charge is -1.97. The molecule has 0 aliphatic heterocycles. The van der Waals surface area contributed by atoms with Crippen molar-refractivity contribution in [2.24, 2.45) is 7.05 Å². The molecule has 0 saturated carbocycles. The summed E-state index contributed by atoms with van der Waals surface area (Å²) in [6.45, 7) is 0. The van der Waals surface area contributed by atoms with Crippen molar-refractivity contribution in [1.29, 1.82) is 0 Å². The Morgan fingerprint density at radius 3 is 2.85 bits per heavy atom. The fourth-order valence-corrected chi connectivity index (χ4v) is 1.48. The van der Waals surface area contributed by atoms with Gasteiger partial charge < -0.3 is 9.67 Å². The molecule has 0 radical (unpaired) electrons. The molecule has 0 bridgehead atoms. The molecule has 1 N–H and O–H groups in total. The molecule has 2 aromatic rings. The number of aryl methyl sites for hydroxylation is 1. The van der Waals surface area contributed by atoms with Gasteiger partial charge in [-0.2, -0.15) is 0 Å². The highest BCUT2D eigenvalue weighted by Gasteiger charge is 2.06. The Labute approximate surface area is 75.2 Å². The van der Waals surface area contributed by atoms with Gasteiger partial charge in [-0.15, -0.1) is 0 Å². The Hall–Kier alpha value is -1.77. The van der Waals surface area contributed by atoms with Crippen LogP contribution in [0.3, 0.4) is 0 Å². The number of rotatable bonds is 1. The fraction of sp³-hybridized carbons (Fsp3) is 0.100. The predicted octanol–water partition coefficient (Wildman–Crippen LogP) is 1.70. The minimum Gasteiger partial charge on any atom is -0.507 e. The van der Waals surface area contributed by atoms with Gasteiger partial charge in [-0.05, 0) is 18.2 Å². The molecule has 0 amide bonds. The van der Waals surface area contributed by atoms with Crippen LogP contribution in [0.25, 0.3) is 10.9 Å². The third kappa shape index (κ3) is 1.01. The molecule has 66 valence electrons. The highest BCUT2D eigenvalue weighted by molar-refractivity contribution is 5.92. The summed E-state index contributed by atoms with van der Waals surface area (Å²) in [5, 5.41) is 10.2. The van der Waals surface area contributed by atoms with Crippen molar-refractivity contribution in [2.45, 2.75) is 0 Å². The van der Waals surface area contributed by atoms with E-state index < -0.39 is 0 Å². The van der Waals surface area contributed by atoms with Crippen LogP contribution in [-0.4, -0.2) is 16.0 Å². The van der Waals surface area contributed by atoms with Crippen molar-refractivity contribution in [3.8, 4) is 5.75 Å². The average molecular weight is 175 g/mol. The van der Waals surface area contributed by atoms with Crippen molar-refractivity contribution in [3.63, 3.8) is 0 Å². The molecule has 1 heterocycles. The number of phenols is 1. The number of phenolic OH excluding ortho intramolecular Hbond substituents is 1. The van der Waals surface area contributed by atoms with Crippen molar-refractivity contribution in [3.05, 3.63) is 30.0 Å². The van der Waals surface area contributed by atoms with Crippen LogP contribution < -0.4 is 0 Å². The summed E-state index contributed by atoms with van der Waals surface area (Å²) in [7, 11) is 1.80. The van der Waals surface area contributed by atoms with Gasteiger partial charge in [0.15, 0.2) is 6.29 Å². The van der Waals surface area contributed by atoms with Crippen molar-refractivity contribution >= 4 is 17.2 Å². The molecule has 2 rings (SSSR count). The molecular formula is C10H9NO2. The second kappa shape index (κ2) is 2.62. The van der Waals surface area contributed by atoms with Crippen molar-refractivity contribution < 1.29 is 9.90 Å². The van der Waals surface area contributed by atoms with E-state index in [9.17, 15) is 9.90 Å². The largest absolute Gasteiger partial charge is 0.507 e. The van der Waals surface area contributed by atoms with E-state index in [1.165, 1.54) is 0 Å². The average Bonchev–Trinajstić information content (AvgIpc) is 2.45. The number of hydrogen-bond acceptors (Lipinski definition) is 2. The van der Waals surface area contributed by atoms with E-state index in [1.54, 1.807) is 29.8 Å². The minimum absolute atomic E-state index is 0.209. The predicted molar refractivity (Wildman–Crippen MR) is 50.0 cm³/mol. The lowest BCUT2D eigenvalue weighted by Crippen LogP contribution is -1.92. The molecule has 0 atom stereocenters. The highest BCUT2D eigenvalue weighted by Crippen LogP contribution is 2.26. The quantitative estimate of drug-likeness (QED) is 0.670. The molecule has 3 nitrogen and oxygen atoms in total. The SMILES string of the molecule is Cn1c(C=O)cc2c(O)cccc21. The number of hydrogen-bond donors (Lipinski definition) is 1. The van der Waals surface area contributed by atoms with E-state index >= 15 is 0 Å². The number of nitrogens with zero attached hydrogens (tertiary/aromatic N) is 1. The van der Waals surface area contributed by atoms with Crippen molar-refractivity contribution in [1.82, 2.24) is 4.57 Å². The van der Waals surface area contributed by atoms with E-state index in [0.717, 1.165) is 11.8 Å². The van der Waals surface area contributed by atoms with Crippen LogP contribution in [0, 0.1) is 0 Å². The first-order valence-electron chi connectivity index (χ1n) is 3.96. The smallest absolute Gasteiger partial charge is 0.166 e. The fourth-order valence-electron chi connectivity index (χ4n) is 1.48. The second-order valence-electron chi connectivity index (χ2n) is 2.96. The number of carbonyl (C=O) groups is 1. The molecule has 0 fully saturated rings. The first kappa shape index (κ1) is 7.86. The lowest BCUT2D eigenvalue weighted by atomic mass is 10.2. The summed E-state index contributed by atoms with van der Waals surface area (Å²) in [5.41, 5.74) is 1.43. The molecule has 0 unspecified atom stereocenters. The lowest BCUT2D eigenvalue weighted by molar-refractivity contribution is 0.111. The Morgan fingerprint density at radius 1 is 1.46 bits per heavy atom. The molecule has 13 heavy (non-hydrogen) atoms. The summed E-state index contributed by atoms with van der Waals surface area (Å²) < 4.78 is 1.75. The normalized spacial score (nSPS) is 10.5. The van der Waals surface area contributed by atoms with E-state index in [-0.39, 0.29) is 5.75 Å². The number of aldehydes is 1. The Balaban J connectivity index is 2.91. The molecule has 3 heteroatoms. The zero-order chi connectivity index (χ0) is 9.42. The summed E-state index contributed by atoms with van der Waals surface area (Å²) in [5.74, 6) is 0.209. The molecule has 0 saturated heterocycles. The van der Waals surface area contributed by atoms with Crippen molar-refractivity contribution in [2.75, 3.05) is 0 Å². The number of aromatic hydroxyl groups is 1. The van der Waals surface area contributed by atoms with Gasteiger partial charge in [-0.1, -0.05) is 6.07 Å². The molecule has 1 aromatic heterocycles. The molecule has 0 aliphatic rings. The van der Waals surface area contributed by atoms with Gasteiger partial charge in [0.25, 0.3) is 0 Å². The van der Waals surface area contributed by atoms with Crippen LogP contribution in [0.15, 0.2) is 24.3 Å². The van der Waals surface area contributed by atoms with Gasteiger partial charge in [0.1, 0.15) is 5.75 Å². The van der Waals surface area contributed by atoms with E-state index in [4.69, 9.17) is 0 Å². The van der Waals surface area contributed by atoms with Gasteiger partial charge in [0.2, 0.25) is 0 Å². The van der Waals surface area contributed by atoms with Crippen LogP contribution >= 0.6 is 0 Å². The monoisotopic (exact) mass is 175 g/mol. The number of carbonyl (C=O) groups excluding carboxylic acids is 1. The maximum absolute atomic E-state index is 10.6. The van der Waals surface area contributed by atoms with Gasteiger partial charge >= 0.3 is 0 Å². The van der Waals surface area contributed by atoms with Gasteiger partial charge in [-0.3, -0.25) is 4.79 Å². The third-order valence-corrected chi connectivity index (χ3v) is 2.22. The summed E-state index contributed by atoms with van der Waals surface area (Å²) in [6, 6.07) is 6.91. The Kier molecular flexibility index (Phi) is 1.59. The maximum atomic E-state index is 10.6. The standard InChI is InChI=1S/C10H9NO2/c1-11-7(6-12)5-8-9(11)3-2-4-10(8)13/h2-6,13H,1H3. The summed E-state index contributed by atoms with van der Waals surface area (Å²) >= 11 is 0. The third-order valence-electron chi connectivity index (χ3n) is 2.22. The summed E-state index contributed by atoms with van der Waals surface area (Å²) in [4.78, 5) is 10.6. The number of aromatic nitrogens is 1. The molecule has 0 aliphatic carbocycles. The van der Waals surface area contributed by atoms with Gasteiger partial charge in [-0.25, -0.2) is 0 Å². The zero-order valence-corrected chi connectivity index (χ0v) is 7.19. The summed E-state index contributed by atoms with van der Waals surface area (Å²) in [6.07, 6.45) is 0.777. The second-order valence-corrected chi connectivity index (χ2v) is 2.96. The van der Waals surface area contributed by atoms with Crippen LogP contribution in [0.1, 0.15) is 10.5 Å². The first-order valence-corrected chi connectivity index (χ1v) is 3.96. The van der Waals surface area contributed by atoms with Crippen LogP contribution in [0.5, 0.6) is 5.75 Å². The van der Waals surface area contributed by atoms with Crippen LogP contribution in [-0.2, 0) is 7.05 Å². The number of fused-ring (bicyclic) bond motifs is 1. The Morgan fingerprint density at radius 2 is 2.23 bits per heavy atom. The van der Waals surface area contributed by atoms with Gasteiger partial charge in [0, 0.05) is 12.4 Å². The number of benzene rings is 1. The van der Waals surface area contributed by atoms with Crippen LogP contribution in [0.4, 0.5) is 0 Å². The highest BCUT2D eigenvalue weighted by atomic mass is 16.3. The van der Waals surface area contributed by atoms with E-state index in [1.807, 2.05) is 6.07 Å². The maximum Gasteiger partial charge on any atom is 0.166 e. The molecule has 1 aromatic carbocycles. The zero-order valence-electron chi connectivity index (χ0n) is 7.19. The van der Waals surface area contributed by atoms with Crippen LogP contribution in [0.2, 0.25) is 0 Å². The first-order chi connectivity index (χ1) is 6.24.